The van der Waals surface area contributed by atoms with E-state index in [2.05, 4.69) is 69.5 Å². The predicted molar refractivity (Wildman–Crippen MR) is 98.3 cm³/mol. The summed E-state index contributed by atoms with van der Waals surface area (Å²) in [6.45, 7) is 10.8. The Kier molecular flexibility index (Phi) is 5.43. The topological polar surface area (TPSA) is 41.1 Å². The van der Waals surface area contributed by atoms with E-state index in [-0.39, 0.29) is 12.5 Å². The molecule has 122 valence electrons. The third-order valence-electron chi connectivity index (χ3n) is 3.96. The van der Waals surface area contributed by atoms with Crippen molar-refractivity contribution in [3.63, 3.8) is 0 Å². The van der Waals surface area contributed by atoms with Crippen molar-refractivity contribution < 1.29 is 4.79 Å². The first-order valence-electron chi connectivity index (χ1n) is 8.08. The molecule has 1 amide bonds. The normalized spacial score (nSPS) is 10.7. The Balaban J connectivity index is 1.95. The van der Waals surface area contributed by atoms with Crippen molar-refractivity contribution >= 4 is 17.3 Å². The minimum atomic E-state index is -0.0401. The predicted octanol–water partition coefficient (Wildman–Crippen LogP) is 4.79. The molecule has 0 saturated carbocycles. The van der Waals surface area contributed by atoms with Gasteiger partial charge in [0.05, 0.1) is 6.54 Å². The lowest BCUT2D eigenvalue weighted by atomic mass is 10.0. The Labute approximate surface area is 139 Å². The quantitative estimate of drug-likeness (QED) is 0.834. The number of amides is 1. The molecule has 23 heavy (non-hydrogen) atoms. The van der Waals surface area contributed by atoms with Crippen LogP contribution in [0.3, 0.4) is 0 Å². The van der Waals surface area contributed by atoms with Gasteiger partial charge in [-0.3, -0.25) is 4.79 Å². The molecule has 0 aliphatic rings. The lowest BCUT2D eigenvalue weighted by molar-refractivity contribution is -0.114. The lowest BCUT2D eigenvalue weighted by Gasteiger charge is -2.14. The Morgan fingerprint density at radius 1 is 1.00 bits per heavy atom. The second kappa shape index (κ2) is 7.32. The Hall–Kier alpha value is -2.29. The number of carbonyl (C=O) groups is 1. The van der Waals surface area contributed by atoms with Crippen LogP contribution in [0, 0.1) is 20.8 Å². The highest BCUT2D eigenvalue weighted by Crippen LogP contribution is 2.22. The Bertz CT molecular complexity index is 664. The lowest BCUT2D eigenvalue weighted by Crippen LogP contribution is -2.22. The van der Waals surface area contributed by atoms with Crippen LogP contribution in [0.4, 0.5) is 11.4 Å². The first-order chi connectivity index (χ1) is 10.9. The van der Waals surface area contributed by atoms with E-state index in [4.69, 9.17) is 0 Å². The van der Waals surface area contributed by atoms with Gasteiger partial charge in [0.15, 0.2) is 0 Å². The fourth-order valence-corrected chi connectivity index (χ4v) is 2.78. The van der Waals surface area contributed by atoms with Crippen LogP contribution in [0.25, 0.3) is 0 Å². The summed E-state index contributed by atoms with van der Waals surface area (Å²) in [6.07, 6.45) is 0. The summed E-state index contributed by atoms with van der Waals surface area (Å²) in [6, 6.07) is 12.3. The summed E-state index contributed by atoms with van der Waals surface area (Å²) in [5.74, 6) is 0.454. The van der Waals surface area contributed by atoms with Crippen molar-refractivity contribution in [2.75, 3.05) is 17.2 Å². The molecule has 0 saturated heterocycles. The van der Waals surface area contributed by atoms with Crippen molar-refractivity contribution in [3.05, 3.63) is 58.7 Å². The van der Waals surface area contributed by atoms with E-state index < -0.39 is 0 Å². The molecule has 2 aromatic rings. The molecule has 0 atom stereocenters. The number of hydrogen-bond acceptors (Lipinski definition) is 2. The van der Waals surface area contributed by atoms with Gasteiger partial charge in [-0.15, -0.1) is 0 Å². The highest BCUT2D eigenvalue weighted by atomic mass is 16.1. The molecule has 0 aliphatic carbocycles. The van der Waals surface area contributed by atoms with E-state index in [1.807, 2.05) is 12.1 Å². The molecule has 2 N–H and O–H groups in total. The zero-order valence-corrected chi connectivity index (χ0v) is 14.7. The molecule has 0 aromatic heterocycles. The number of rotatable bonds is 5. The molecule has 0 radical (unpaired) electrons. The van der Waals surface area contributed by atoms with E-state index >= 15 is 0 Å². The van der Waals surface area contributed by atoms with Gasteiger partial charge >= 0.3 is 0 Å². The maximum absolute atomic E-state index is 12.1. The van der Waals surface area contributed by atoms with Crippen LogP contribution in [0.1, 0.15) is 42.0 Å². The summed E-state index contributed by atoms with van der Waals surface area (Å²) in [7, 11) is 0. The van der Waals surface area contributed by atoms with Gasteiger partial charge < -0.3 is 10.6 Å². The van der Waals surface area contributed by atoms with Crippen molar-refractivity contribution in [2.24, 2.45) is 0 Å². The summed E-state index contributed by atoms with van der Waals surface area (Å²) < 4.78 is 0. The van der Waals surface area contributed by atoms with E-state index in [1.165, 1.54) is 11.1 Å². The van der Waals surface area contributed by atoms with Crippen molar-refractivity contribution in [2.45, 2.75) is 40.5 Å². The molecule has 0 fully saturated rings. The minimum absolute atomic E-state index is 0.0401. The average molecular weight is 310 g/mol. The maximum atomic E-state index is 12.1. The van der Waals surface area contributed by atoms with Gasteiger partial charge in [-0.1, -0.05) is 43.7 Å². The SMILES string of the molecule is Cc1cc(C)c(NCC(=O)Nc2ccc(C(C)C)cc2)c(C)c1. The van der Waals surface area contributed by atoms with E-state index in [9.17, 15) is 4.79 Å². The molecule has 0 bridgehead atoms. The van der Waals surface area contributed by atoms with Gasteiger partial charge in [0.25, 0.3) is 0 Å². The number of anilines is 2. The summed E-state index contributed by atoms with van der Waals surface area (Å²) >= 11 is 0. The molecule has 0 unspecified atom stereocenters. The standard InChI is InChI=1S/C20H26N2O/c1-13(2)17-6-8-18(9-7-17)22-19(23)12-21-20-15(4)10-14(3)11-16(20)5/h6-11,13,21H,12H2,1-5H3,(H,22,23). The van der Waals surface area contributed by atoms with Crippen LogP contribution in [0.2, 0.25) is 0 Å². The van der Waals surface area contributed by atoms with Crippen LogP contribution in [0.5, 0.6) is 0 Å². The Morgan fingerprint density at radius 2 is 1.57 bits per heavy atom. The second-order valence-electron chi connectivity index (χ2n) is 6.45. The van der Waals surface area contributed by atoms with Crippen molar-refractivity contribution in [1.29, 1.82) is 0 Å². The monoisotopic (exact) mass is 310 g/mol. The smallest absolute Gasteiger partial charge is 0.243 e. The van der Waals surface area contributed by atoms with E-state index in [0.717, 1.165) is 22.5 Å². The highest BCUT2D eigenvalue weighted by molar-refractivity contribution is 5.94. The zero-order valence-electron chi connectivity index (χ0n) is 14.7. The van der Waals surface area contributed by atoms with E-state index in [1.54, 1.807) is 0 Å². The molecular weight excluding hydrogens is 284 g/mol. The molecule has 3 heteroatoms. The number of carbonyl (C=O) groups excluding carboxylic acids is 1. The summed E-state index contributed by atoms with van der Waals surface area (Å²) in [5, 5.41) is 6.17. The van der Waals surface area contributed by atoms with Gasteiger partial charge in [0.1, 0.15) is 0 Å². The Morgan fingerprint density at radius 3 is 2.09 bits per heavy atom. The maximum Gasteiger partial charge on any atom is 0.243 e. The molecule has 2 aromatic carbocycles. The van der Waals surface area contributed by atoms with Crippen LogP contribution < -0.4 is 10.6 Å². The molecule has 0 aliphatic heterocycles. The molecule has 0 spiro atoms. The van der Waals surface area contributed by atoms with Crippen LogP contribution in [-0.4, -0.2) is 12.5 Å². The van der Waals surface area contributed by atoms with Crippen molar-refractivity contribution in [1.82, 2.24) is 0 Å². The largest absolute Gasteiger partial charge is 0.376 e. The van der Waals surface area contributed by atoms with Gasteiger partial charge in [0, 0.05) is 11.4 Å². The van der Waals surface area contributed by atoms with Gasteiger partial charge in [0.2, 0.25) is 5.91 Å². The van der Waals surface area contributed by atoms with Gasteiger partial charge in [-0.25, -0.2) is 0 Å². The highest BCUT2D eigenvalue weighted by Gasteiger charge is 2.07. The fraction of sp³-hybridized carbons (Fsp3) is 0.350. The van der Waals surface area contributed by atoms with Crippen LogP contribution in [-0.2, 0) is 4.79 Å². The summed E-state index contributed by atoms with van der Waals surface area (Å²) in [4.78, 5) is 12.1. The van der Waals surface area contributed by atoms with E-state index in [0.29, 0.717) is 5.92 Å². The van der Waals surface area contributed by atoms with Crippen LogP contribution in [0.15, 0.2) is 36.4 Å². The molecular formula is C20H26N2O. The number of nitrogens with one attached hydrogen (secondary N) is 2. The summed E-state index contributed by atoms with van der Waals surface area (Å²) in [5.41, 5.74) is 6.71. The zero-order chi connectivity index (χ0) is 17.0. The molecule has 2 rings (SSSR count). The fourth-order valence-electron chi connectivity index (χ4n) is 2.78. The van der Waals surface area contributed by atoms with Crippen molar-refractivity contribution in [3.8, 4) is 0 Å². The first-order valence-corrected chi connectivity index (χ1v) is 8.08. The third-order valence-corrected chi connectivity index (χ3v) is 3.96. The molecule has 0 heterocycles. The second-order valence-corrected chi connectivity index (χ2v) is 6.45. The van der Waals surface area contributed by atoms with Crippen LogP contribution >= 0.6 is 0 Å². The minimum Gasteiger partial charge on any atom is -0.376 e. The van der Waals surface area contributed by atoms with Gasteiger partial charge in [-0.05, 0) is 55.5 Å². The first kappa shape index (κ1) is 17.1. The number of benzene rings is 2. The average Bonchev–Trinajstić information content (AvgIpc) is 2.46. The number of aryl methyl sites for hydroxylation is 3. The third kappa shape index (κ3) is 4.59. The van der Waals surface area contributed by atoms with Gasteiger partial charge in [-0.2, -0.15) is 0 Å². The molecule has 3 nitrogen and oxygen atoms in total. The number of hydrogen-bond donors (Lipinski definition) is 2.